The summed E-state index contributed by atoms with van der Waals surface area (Å²) in [5.74, 6) is 0.186. The summed E-state index contributed by atoms with van der Waals surface area (Å²) < 4.78 is 0.965. The molecule has 0 aliphatic carbocycles. The monoisotopic (exact) mass is 610 g/mol. The molecule has 1 aliphatic rings. The average Bonchev–Trinajstić information content (AvgIpc) is 3.39. The van der Waals surface area contributed by atoms with Gasteiger partial charge in [-0.15, -0.1) is 9.24 Å². The van der Waals surface area contributed by atoms with E-state index in [1.54, 1.807) is 19.0 Å². The summed E-state index contributed by atoms with van der Waals surface area (Å²) in [6.45, 7) is 7.87. The Balaban J connectivity index is 1.70. The minimum absolute atomic E-state index is 0.0449. The summed E-state index contributed by atoms with van der Waals surface area (Å²) in [7, 11) is 13.1. The van der Waals surface area contributed by atoms with Gasteiger partial charge in [-0.3, -0.25) is 9.59 Å². The topological polar surface area (TPSA) is 131 Å². The number of piperazine rings is 1. The fourth-order valence-electron chi connectivity index (χ4n) is 5.50. The molecule has 2 aromatic heterocycles. The van der Waals surface area contributed by atoms with E-state index in [4.69, 9.17) is 18.6 Å². The van der Waals surface area contributed by atoms with Crippen molar-refractivity contribution in [2.45, 2.75) is 13.3 Å². The molecule has 218 valence electrons. The van der Waals surface area contributed by atoms with Crippen molar-refractivity contribution in [1.82, 2.24) is 19.8 Å². The van der Waals surface area contributed by atoms with Gasteiger partial charge in [0.15, 0.2) is 5.13 Å². The van der Waals surface area contributed by atoms with Crippen LogP contribution in [0.3, 0.4) is 0 Å². The number of pyridine rings is 1. The maximum atomic E-state index is 12.3. The van der Waals surface area contributed by atoms with Crippen molar-refractivity contribution in [1.29, 1.82) is 5.26 Å². The molecule has 3 N–H and O–H groups in total. The summed E-state index contributed by atoms with van der Waals surface area (Å²) in [6, 6.07) is 8.35. The van der Waals surface area contributed by atoms with Crippen LogP contribution >= 0.6 is 20.6 Å². The predicted octanol–water partition coefficient (Wildman–Crippen LogP) is 2.29. The number of amides is 2. The number of carbonyl (C=O) groups excluding carboxylic acids is 2. The first kappa shape index (κ1) is 30.3. The van der Waals surface area contributed by atoms with Crippen LogP contribution in [-0.2, 0) is 9.59 Å². The van der Waals surface area contributed by atoms with Crippen molar-refractivity contribution in [2.75, 3.05) is 62.8 Å². The van der Waals surface area contributed by atoms with Crippen LogP contribution in [0.25, 0.3) is 32.2 Å². The summed E-state index contributed by atoms with van der Waals surface area (Å²) in [6.07, 6.45) is 1.55. The Hall–Kier alpha value is -4.20. The van der Waals surface area contributed by atoms with Gasteiger partial charge in [0.1, 0.15) is 25.3 Å². The van der Waals surface area contributed by atoms with Gasteiger partial charge in [0.2, 0.25) is 11.8 Å². The van der Waals surface area contributed by atoms with Crippen molar-refractivity contribution >= 4 is 88.8 Å². The van der Waals surface area contributed by atoms with Crippen LogP contribution in [0.5, 0.6) is 0 Å². The highest BCUT2D eigenvalue weighted by molar-refractivity contribution is 7.33. The molecule has 1 aliphatic heterocycles. The Morgan fingerprint density at radius 2 is 1.98 bits per heavy atom. The molecule has 1 fully saturated rings. The number of nitrogens with zero attached hydrogens (tertiary/aromatic N) is 6. The van der Waals surface area contributed by atoms with Gasteiger partial charge >= 0.3 is 0 Å². The second kappa shape index (κ2) is 12.2. The summed E-state index contributed by atoms with van der Waals surface area (Å²) >= 11 is 1.42. The third-order valence-electron chi connectivity index (χ3n) is 7.67. The van der Waals surface area contributed by atoms with E-state index >= 15 is 0 Å². The van der Waals surface area contributed by atoms with Crippen LogP contribution in [0.1, 0.15) is 17.5 Å². The maximum Gasteiger partial charge on any atom is 0.246 e. The highest BCUT2D eigenvalue weighted by atomic mass is 32.1. The number of aryl methyl sites for hydroxylation is 1. The summed E-state index contributed by atoms with van der Waals surface area (Å²) in [4.78, 5) is 39.4. The van der Waals surface area contributed by atoms with Gasteiger partial charge in [0, 0.05) is 64.2 Å². The number of carbonyl (C=O) groups is 2. The molecule has 2 aromatic carbocycles. The van der Waals surface area contributed by atoms with Gasteiger partial charge in [-0.2, -0.15) is 5.26 Å². The van der Waals surface area contributed by atoms with E-state index in [0.717, 1.165) is 37.6 Å². The third-order valence-corrected chi connectivity index (χ3v) is 9.30. The molecule has 5 rings (SSSR count). The average molecular weight is 610 g/mol. The lowest BCUT2D eigenvalue weighted by Crippen LogP contribution is -2.48. The van der Waals surface area contributed by atoms with E-state index in [1.807, 2.05) is 25.1 Å². The van der Waals surface area contributed by atoms with Gasteiger partial charge in [-0.05, 0) is 35.5 Å². The SMILES string of the molecule is [B]c1c(-c2ccc(P)c3sc(N)nc23)c(C)cc2c(N3CCN(C(=O)C=C)CC3)c(C#N)c(NCCC(=O)N(C)C)nc12. The van der Waals surface area contributed by atoms with E-state index in [9.17, 15) is 14.9 Å². The molecule has 1 atom stereocenters. The molecule has 4 aromatic rings. The van der Waals surface area contributed by atoms with E-state index < -0.39 is 0 Å². The van der Waals surface area contributed by atoms with E-state index in [2.05, 4.69) is 37.1 Å². The number of nitrogens with one attached hydrogen (secondary N) is 1. The fourth-order valence-corrected chi connectivity index (χ4v) is 6.70. The molecule has 1 saturated heterocycles. The number of benzene rings is 2. The zero-order valence-electron chi connectivity index (χ0n) is 24.4. The Kier molecular flexibility index (Phi) is 8.58. The van der Waals surface area contributed by atoms with Crippen LogP contribution in [0, 0.1) is 18.3 Å². The standard InChI is InChI=1S/C30H32BN8O2PS/c1-5-21(40)38-10-12-39(13-11-38)27-18-14-16(2)23(17-6-7-20(42)28-26(17)36-30(33)43-28)24(31)25(18)35-29(19(27)15-32)34-9-8-22(41)37(3)4/h5-7,14H,1,8-13,42H2,2-4H3,(H2,33,36)(H,34,35). The maximum absolute atomic E-state index is 12.3. The predicted molar refractivity (Wildman–Crippen MR) is 180 cm³/mol. The normalized spacial score (nSPS) is 13.3. The highest BCUT2D eigenvalue weighted by Crippen LogP contribution is 2.39. The van der Waals surface area contributed by atoms with Crippen molar-refractivity contribution in [3.63, 3.8) is 0 Å². The number of nitrogen functional groups attached to an aromatic ring is 1. The van der Waals surface area contributed by atoms with Gasteiger partial charge < -0.3 is 25.8 Å². The molecular formula is C30H32BN8O2PS. The smallest absolute Gasteiger partial charge is 0.246 e. The van der Waals surface area contributed by atoms with Crippen molar-refractivity contribution in [3.05, 3.63) is 42.0 Å². The van der Waals surface area contributed by atoms with Crippen LogP contribution in [0.2, 0.25) is 0 Å². The molecular weight excluding hydrogens is 578 g/mol. The minimum atomic E-state index is -0.122. The highest BCUT2D eigenvalue weighted by Gasteiger charge is 2.27. The number of hydrogen-bond donors (Lipinski definition) is 2. The molecule has 0 spiro atoms. The molecule has 2 amide bonds. The lowest BCUT2D eigenvalue weighted by Gasteiger charge is -2.37. The van der Waals surface area contributed by atoms with Gasteiger partial charge in [0.05, 0.1) is 21.4 Å². The molecule has 0 bridgehead atoms. The molecule has 3 heterocycles. The van der Waals surface area contributed by atoms with Crippen LogP contribution in [0.4, 0.5) is 16.6 Å². The Bertz CT molecular complexity index is 1830. The summed E-state index contributed by atoms with van der Waals surface area (Å²) in [5, 5.41) is 15.9. The molecule has 1 unspecified atom stereocenters. The summed E-state index contributed by atoms with van der Waals surface area (Å²) in [5.41, 5.74) is 11.5. The van der Waals surface area contributed by atoms with Gasteiger partial charge in [-0.1, -0.05) is 35.5 Å². The molecule has 0 saturated carbocycles. The second-order valence-electron chi connectivity index (χ2n) is 10.6. The van der Waals surface area contributed by atoms with E-state index in [-0.39, 0.29) is 24.8 Å². The van der Waals surface area contributed by atoms with Crippen LogP contribution in [0.15, 0.2) is 30.9 Å². The van der Waals surface area contributed by atoms with E-state index in [0.29, 0.717) is 59.4 Å². The Morgan fingerprint density at radius 3 is 2.63 bits per heavy atom. The number of rotatable bonds is 7. The zero-order valence-corrected chi connectivity index (χ0v) is 26.4. The number of hydrogen-bond acceptors (Lipinski definition) is 9. The minimum Gasteiger partial charge on any atom is -0.375 e. The number of aromatic nitrogens is 2. The Morgan fingerprint density at radius 1 is 1.26 bits per heavy atom. The molecule has 43 heavy (non-hydrogen) atoms. The number of thiazole rings is 1. The van der Waals surface area contributed by atoms with Crippen molar-refractivity contribution in [3.8, 4) is 17.2 Å². The third kappa shape index (κ3) is 5.63. The first-order chi connectivity index (χ1) is 20.5. The van der Waals surface area contributed by atoms with E-state index in [1.165, 1.54) is 22.3 Å². The number of anilines is 3. The molecule has 2 radical (unpaired) electrons. The number of nitriles is 1. The lowest BCUT2D eigenvalue weighted by molar-refractivity contribution is -0.128. The largest absolute Gasteiger partial charge is 0.375 e. The quantitative estimate of drug-likeness (QED) is 0.185. The zero-order chi connectivity index (χ0) is 31.0. The number of fused-ring (bicyclic) bond motifs is 2. The fraction of sp³-hybridized carbons (Fsp3) is 0.300. The van der Waals surface area contributed by atoms with Gasteiger partial charge in [-0.25, -0.2) is 9.97 Å². The molecule has 10 nitrogen and oxygen atoms in total. The van der Waals surface area contributed by atoms with Crippen molar-refractivity contribution < 1.29 is 9.59 Å². The molecule has 13 heteroatoms. The Labute approximate surface area is 258 Å². The van der Waals surface area contributed by atoms with Crippen LogP contribution in [-0.4, -0.2) is 86.2 Å². The van der Waals surface area contributed by atoms with Gasteiger partial charge in [0.25, 0.3) is 0 Å². The van der Waals surface area contributed by atoms with Crippen LogP contribution < -0.4 is 26.7 Å². The lowest BCUT2D eigenvalue weighted by atomic mass is 9.81. The van der Waals surface area contributed by atoms with Crippen molar-refractivity contribution in [2.24, 2.45) is 0 Å². The first-order valence-corrected chi connectivity index (χ1v) is 15.2. The second-order valence-corrected chi connectivity index (χ2v) is 12.2. The first-order valence-electron chi connectivity index (χ1n) is 13.8. The number of nitrogens with two attached hydrogens (primary N) is 1.